The standard InChI is InChI=1S/C11H11F2NO/c1-15-11-3-2-10(14-11)7-4-8(12)6-9(13)5-7/h4-6,10H,2-3H2,1H3. The molecule has 0 amide bonds. The van der Waals surface area contributed by atoms with E-state index in [9.17, 15) is 8.78 Å². The lowest BCUT2D eigenvalue weighted by molar-refractivity contribution is 0.395. The minimum atomic E-state index is -0.564. The molecule has 4 heteroatoms. The summed E-state index contributed by atoms with van der Waals surface area (Å²) in [6, 6.07) is 3.32. The molecule has 0 N–H and O–H groups in total. The van der Waals surface area contributed by atoms with Crippen molar-refractivity contribution in [3.8, 4) is 0 Å². The number of nitrogens with zero attached hydrogens (tertiary/aromatic N) is 1. The van der Waals surface area contributed by atoms with Gasteiger partial charge in [0.2, 0.25) is 0 Å². The SMILES string of the molecule is COC1=NC(c2cc(F)cc(F)c2)CC1. The van der Waals surface area contributed by atoms with Crippen LogP contribution in [0, 0.1) is 11.6 Å². The Morgan fingerprint density at radius 2 is 1.93 bits per heavy atom. The predicted octanol–water partition coefficient (Wildman–Crippen LogP) is 2.84. The van der Waals surface area contributed by atoms with Crippen LogP contribution < -0.4 is 0 Å². The Hall–Kier alpha value is -1.45. The van der Waals surface area contributed by atoms with Crippen LogP contribution in [-0.4, -0.2) is 13.0 Å². The summed E-state index contributed by atoms with van der Waals surface area (Å²) >= 11 is 0. The molecule has 80 valence electrons. The van der Waals surface area contributed by atoms with E-state index in [0.717, 1.165) is 18.9 Å². The third-order valence-corrected chi connectivity index (χ3v) is 2.44. The van der Waals surface area contributed by atoms with Gasteiger partial charge in [-0.2, -0.15) is 0 Å². The molecule has 0 radical (unpaired) electrons. The van der Waals surface area contributed by atoms with Crippen LogP contribution in [0.4, 0.5) is 8.78 Å². The Kier molecular flexibility index (Phi) is 2.66. The van der Waals surface area contributed by atoms with Gasteiger partial charge in [-0.1, -0.05) is 0 Å². The number of hydrogen-bond acceptors (Lipinski definition) is 2. The van der Waals surface area contributed by atoms with Crippen molar-refractivity contribution in [2.45, 2.75) is 18.9 Å². The molecule has 0 saturated carbocycles. The molecule has 1 aromatic rings. The van der Waals surface area contributed by atoms with Gasteiger partial charge in [-0.15, -0.1) is 0 Å². The molecule has 1 aliphatic heterocycles. The molecule has 0 aromatic heterocycles. The van der Waals surface area contributed by atoms with E-state index in [4.69, 9.17) is 4.74 Å². The molecule has 1 aromatic carbocycles. The van der Waals surface area contributed by atoms with E-state index >= 15 is 0 Å². The third kappa shape index (κ3) is 2.14. The summed E-state index contributed by atoms with van der Waals surface area (Å²) in [6.45, 7) is 0. The quantitative estimate of drug-likeness (QED) is 0.700. The zero-order chi connectivity index (χ0) is 10.8. The highest BCUT2D eigenvalue weighted by Gasteiger charge is 2.20. The molecule has 2 nitrogen and oxygen atoms in total. The monoisotopic (exact) mass is 211 g/mol. The van der Waals surface area contributed by atoms with Crippen molar-refractivity contribution in [2.75, 3.05) is 7.11 Å². The molecule has 0 saturated heterocycles. The summed E-state index contributed by atoms with van der Waals surface area (Å²) < 4.78 is 30.9. The van der Waals surface area contributed by atoms with Gasteiger partial charge in [-0.25, -0.2) is 13.8 Å². The van der Waals surface area contributed by atoms with E-state index in [1.807, 2.05) is 0 Å². The van der Waals surface area contributed by atoms with E-state index in [1.54, 1.807) is 7.11 Å². The largest absolute Gasteiger partial charge is 0.484 e. The maximum absolute atomic E-state index is 12.9. The van der Waals surface area contributed by atoms with Crippen LogP contribution in [0.2, 0.25) is 0 Å². The summed E-state index contributed by atoms with van der Waals surface area (Å²) in [7, 11) is 1.55. The summed E-state index contributed by atoms with van der Waals surface area (Å²) in [6.07, 6.45) is 1.46. The normalized spacial score (nSPS) is 20.2. The topological polar surface area (TPSA) is 21.6 Å². The fourth-order valence-corrected chi connectivity index (χ4v) is 1.73. The van der Waals surface area contributed by atoms with Crippen molar-refractivity contribution in [1.82, 2.24) is 0 Å². The lowest BCUT2D eigenvalue weighted by Gasteiger charge is -2.06. The molecule has 1 unspecified atom stereocenters. The Bertz CT molecular complexity index is 383. The lowest BCUT2D eigenvalue weighted by Crippen LogP contribution is -1.94. The van der Waals surface area contributed by atoms with Crippen molar-refractivity contribution >= 4 is 5.90 Å². The molecule has 1 heterocycles. The lowest BCUT2D eigenvalue weighted by atomic mass is 10.0. The second-order valence-corrected chi connectivity index (χ2v) is 3.48. The smallest absolute Gasteiger partial charge is 0.183 e. The van der Waals surface area contributed by atoms with Crippen molar-refractivity contribution < 1.29 is 13.5 Å². The molecule has 0 bridgehead atoms. The molecule has 1 atom stereocenters. The molecule has 2 rings (SSSR count). The summed E-state index contributed by atoms with van der Waals surface area (Å²) in [5, 5.41) is 0. The van der Waals surface area contributed by atoms with Crippen molar-refractivity contribution in [3.63, 3.8) is 0 Å². The molecule has 0 spiro atoms. The highest BCUT2D eigenvalue weighted by Crippen LogP contribution is 2.29. The second kappa shape index (κ2) is 3.96. The molecule has 0 aliphatic carbocycles. The van der Waals surface area contributed by atoms with Crippen LogP contribution in [0.25, 0.3) is 0 Å². The first-order valence-corrected chi connectivity index (χ1v) is 4.75. The fourth-order valence-electron chi connectivity index (χ4n) is 1.73. The Morgan fingerprint density at radius 3 is 2.47 bits per heavy atom. The molecule has 0 fully saturated rings. The molecule has 15 heavy (non-hydrogen) atoms. The van der Waals surface area contributed by atoms with Gasteiger partial charge in [0.1, 0.15) is 11.6 Å². The predicted molar refractivity (Wildman–Crippen MR) is 52.8 cm³/mol. The summed E-state index contributed by atoms with van der Waals surface area (Å²) in [5.41, 5.74) is 0.569. The number of benzene rings is 1. The highest BCUT2D eigenvalue weighted by molar-refractivity contribution is 5.78. The molecular weight excluding hydrogens is 200 g/mol. The highest BCUT2D eigenvalue weighted by atomic mass is 19.1. The minimum Gasteiger partial charge on any atom is -0.484 e. The van der Waals surface area contributed by atoms with Gasteiger partial charge in [0.25, 0.3) is 0 Å². The average Bonchev–Trinajstić information content (AvgIpc) is 2.64. The summed E-state index contributed by atoms with van der Waals surface area (Å²) in [5.74, 6) is -0.484. The third-order valence-electron chi connectivity index (χ3n) is 2.44. The minimum absolute atomic E-state index is 0.176. The summed E-state index contributed by atoms with van der Waals surface area (Å²) in [4.78, 5) is 4.22. The Morgan fingerprint density at radius 1 is 1.27 bits per heavy atom. The van der Waals surface area contributed by atoms with Gasteiger partial charge >= 0.3 is 0 Å². The van der Waals surface area contributed by atoms with Gasteiger partial charge in [-0.3, -0.25) is 0 Å². The maximum Gasteiger partial charge on any atom is 0.183 e. The molecular formula is C11H11F2NO. The van der Waals surface area contributed by atoms with E-state index in [-0.39, 0.29) is 6.04 Å². The van der Waals surface area contributed by atoms with Crippen molar-refractivity contribution in [1.29, 1.82) is 0 Å². The number of halogens is 2. The van der Waals surface area contributed by atoms with Crippen LogP contribution in [-0.2, 0) is 4.74 Å². The van der Waals surface area contributed by atoms with Crippen LogP contribution in [0.1, 0.15) is 24.4 Å². The average molecular weight is 211 g/mol. The Balaban J connectivity index is 2.27. The van der Waals surface area contributed by atoms with E-state index in [2.05, 4.69) is 4.99 Å². The Labute approximate surface area is 86.6 Å². The maximum atomic E-state index is 12.9. The first-order valence-electron chi connectivity index (χ1n) is 4.75. The van der Waals surface area contributed by atoms with Gasteiger partial charge in [0.15, 0.2) is 5.90 Å². The van der Waals surface area contributed by atoms with Crippen LogP contribution in [0.5, 0.6) is 0 Å². The number of ether oxygens (including phenoxy) is 1. The van der Waals surface area contributed by atoms with Gasteiger partial charge < -0.3 is 4.74 Å². The van der Waals surface area contributed by atoms with Crippen molar-refractivity contribution in [2.24, 2.45) is 4.99 Å². The zero-order valence-electron chi connectivity index (χ0n) is 8.34. The van der Waals surface area contributed by atoms with Crippen LogP contribution >= 0.6 is 0 Å². The van der Waals surface area contributed by atoms with E-state index in [1.165, 1.54) is 12.1 Å². The van der Waals surface area contributed by atoms with Gasteiger partial charge in [0.05, 0.1) is 13.2 Å². The first kappa shape index (κ1) is 10.1. The van der Waals surface area contributed by atoms with Crippen LogP contribution in [0.15, 0.2) is 23.2 Å². The zero-order valence-corrected chi connectivity index (χ0v) is 8.34. The van der Waals surface area contributed by atoms with Crippen molar-refractivity contribution in [3.05, 3.63) is 35.4 Å². The fraction of sp³-hybridized carbons (Fsp3) is 0.364. The number of rotatable bonds is 1. The number of hydrogen-bond donors (Lipinski definition) is 0. The van der Waals surface area contributed by atoms with E-state index in [0.29, 0.717) is 11.5 Å². The van der Waals surface area contributed by atoms with Crippen LogP contribution in [0.3, 0.4) is 0 Å². The van der Waals surface area contributed by atoms with Gasteiger partial charge in [-0.05, 0) is 24.1 Å². The molecule has 1 aliphatic rings. The number of methoxy groups -OCH3 is 1. The first-order chi connectivity index (χ1) is 7.19. The number of aliphatic imine (C=N–C) groups is 1. The second-order valence-electron chi connectivity index (χ2n) is 3.48. The van der Waals surface area contributed by atoms with E-state index < -0.39 is 11.6 Å². The van der Waals surface area contributed by atoms with Gasteiger partial charge in [0, 0.05) is 12.5 Å².